The molecular formula is C28H25FN6. The summed E-state index contributed by atoms with van der Waals surface area (Å²) in [5.41, 5.74) is 5.03. The van der Waals surface area contributed by atoms with Gasteiger partial charge in [-0.2, -0.15) is 5.10 Å². The van der Waals surface area contributed by atoms with Crippen molar-refractivity contribution in [2.45, 2.75) is 31.7 Å². The number of halogens is 1. The number of pyridine rings is 1. The van der Waals surface area contributed by atoms with Crippen LogP contribution in [-0.4, -0.2) is 25.6 Å². The third-order valence-electron chi connectivity index (χ3n) is 6.42. The van der Waals surface area contributed by atoms with Crippen LogP contribution < -0.4 is 10.6 Å². The first-order chi connectivity index (χ1) is 17.2. The van der Waals surface area contributed by atoms with Crippen molar-refractivity contribution in [2.24, 2.45) is 0 Å². The number of anilines is 3. The first kappa shape index (κ1) is 21.3. The van der Waals surface area contributed by atoms with E-state index < -0.39 is 0 Å². The van der Waals surface area contributed by atoms with Crippen LogP contribution in [0.3, 0.4) is 0 Å². The normalized spacial score (nSPS) is 13.9. The number of para-hydroxylation sites is 1. The van der Waals surface area contributed by atoms with Crippen molar-refractivity contribution < 1.29 is 4.39 Å². The van der Waals surface area contributed by atoms with Crippen molar-refractivity contribution in [3.05, 3.63) is 90.9 Å². The first-order valence-corrected chi connectivity index (χ1v) is 11.9. The highest BCUT2D eigenvalue weighted by atomic mass is 19.1. The van der Waals surface area contributed by atoms with E-state index >= 15 is 0 Å². The number of aromatic nitrogens is 4. The summed E-state index contributed by atoms with van der Waals surface area (Å²) >= 11 is 0. The molecule has 5 aromatic rings. The van der Waals surface area contributed by atoms with E-state index in [9.17, 15) is 4.39 Å². The Kier molecular flexibility index (Phi) is 5.58. The molecule has 2 N–H and O–H groups in total. The van der Waals surface area contributed by atoms with Crippen molar-refractivity contribution in [2.75, 3.05) is 10.6 Å². The molecule has 0 amide bonds. The Labute approximate surface area is 202 Å². The van der Waals surface area contributed by atoms with Crippen LogP contribution in [0.1, 0.15) is 25.7 Å². The number of nitrogens with zero attached hydrogens (tertiary/aromatic N) is 4. The van der Waals surface area contributed by atoms with Gasteiger partial charge in [0.15, 0.2) is 0 Å². The van der Waals surface area contributed by atoms with Gasteiger partial charge >= 0.3 is 0 Å². The van der Waals surface area contributed by atoms with Gasteiger partial charge in [-0.25, -0.2) is 18.9 Å². The fourth-order valence-corrected chi connectivity index (χ4v) is 4.73. The van der Waals surface area contributed by atoms with Crippen molar-refractivity contribution in [3.8, 4) is 22.5 Å². The summed E-state index contributed by atoms with van der Waals surface area (Å²) in [7, 11) is 0. The van der Waals surface area contributed by atoms with Crippen LogP contribution in [0, 0.1) is 5.82 Å². The molecule has 0 spiro atoms. The summed E-state index contributed by atoms with van der Waals surface area (Å²) in [6.45, 7) is 0. The highest BCUT2D eigenvalue weighted by molar-refractivity contribution is 5.91. The molecule has 6 nitrogen and oxygen atoms in total. The van der Waals surface area contributed by atoms with E-state index in [2.05, 4.69) is 21.7 Å². The number of hydrogen-bond acceptors (Lipinski definition) is 5. The maximum atomic E-state index is 13.7. The number of hydrogen-bond donors (Lipinski definition) is 2. The summed E-state index contributed by atoms with van der Waals surface area (Å²) in [5, 5.41) is 11.9. The predicted octanol–water partition coefficient (Wildman–Crippen LogP) is 6.70. The lowest BCUT2D eigenvalue weighted by Crippen LogP contribution is -2.16. The average molecular weight is 465 g/mol. The van der Waals surface area contributed by atoms with Crippen LogP contribution >= 0.6 is 0 Å². The molecule has 2 aromatic carbocycles. The Morgan fingerprint density at radius 3 is 2.46 bits per heavy atom. The molecule has 1 aliphatic carbocycles. The van der Waals surface area contributed by atoms with Crippen LogP contribution in [0.2, 0.25) is 0 Å². The van der Waals surface area contributed by atoms with Crippen LogP contribution in [0.15, 0.2) is 85.1 Å². The van der Waals surface area contributed by atoms with E-state index in [-0.39, 0.29) is 5.82 Å². The zero-order chi connectivity index (χ0) is 23.6. The Balaban J connectivity index is 1.49. The van der Waals surface area contributed by atoms with Crippen molar-refractivity contribution >= 4 is 23.0 Å². The Bertz CT molecular complexity index is 1460. The lowest BCUT2D eigenvalue weighted by atomic mass is 10.0. The molecule has 1 fully saturated rings. The quantitative estimate of drug-likeness (QED) is 0.293. The van der Waals surface area contributed by atoms with E-state index in [4.69, 9.17) is 10.1 Å². The Hall–Kier alpha value is -4.26. The minimum absolute atomic E-state index is 0.279. The van der Waals surface area contributed by atoms with Gasteiger partial charge in [-0.15, -0.1) is 0 Å². The van der Waals surface area contributed by atoms with E-state index in [0.29, 0.717) is 12.0 Å². The number of rotatable bonds is 6. The number of nitrogens with one attached hydrogen (secondary N) is 2. The minimum Gasteiger partial charge on any atom is -0.367 e. The van der Waals surface area contributed by atoms with E-state index in [0.717, 1.165) is 52.4 Å². The van der Waals surface area contributed by atoms with Crippen molar-refractivity contribution in [1.29, 1.82) is 0 Å². The van der Waals surface area contributed by atoms with Gasteiger partial charge in [-0.1, -0.05) is 37.1 Å². The van der Waals surface area contributed by atoms with Gasteiger partial charge in [0.2, 0.25) is 5.95 Å². The van der Waals surface area contributed by atoms with Crippen molar-refractivity contribution in [1.82, 2.24) is 19.6 Å². The van der Waals surface area contributed by atoms with Gasteiger partial charge in [0, 0.05) is 23.5 Å². The molecule has 0 radical (unpaired) electrons. The molecule has 1 saturated carbocycles. The SMILES string of the molecule is Fc1ccc(-c2nn3c(NC4CCCC4)cccc3c2-c2ccnc(Nc3ccccc3)n2)cc1. The molecule has 7 heteroatoms. The largest absolute Gasteiger partial charge is 0.367 e. The minimum atomic E-state index is -0.279. The standard InChI is InChI=1S/C28H25FN6/c29-20-15-13-19(14-16-20)27-26(23-17-18-30-28(33-23)32-22-7-2-1-3-8-22)24-11-6-12-25(35(24)34-27)31-21-9-4-5-10-21/h1-3,6-8,11-18,21,31H,4-5,9-10H2,(H,30,32,33). The molecule has 3 aromatic heterocycles. The molecule has 0 atom stereocenters. The van der Waals surface area contributed by atoms with Gasteiger partial charge in [-0.3, -0.25) is 0 Å². The summed E-state index contributed by atoms with van der Waals surface area (Å²) in [5.74, 6) is 1.16. The lowest BCUT2D eigenvalue weighted by Gasteiger charge is -2.14. The number of fused-ring (bicyclic) bond motifs is 1. The molecular weight excluding hydrogens is 439 g/mol. The second-order valence-electron chi connectivity index (χ2n) is 8.82. The molecule has 1 aliphatic rings. The molecule has 0 unspecified atom stereocenters. The van der Waals surface area contributed by atoms with Crippen molar-refractivity contribution in [3.63, 3.8) is 0 Å². The molecule has 0 bridgehead atoms. The highest BCUT2D eigenvalue weighted by Crippen LogP contribution is 2.36. The summed E-state index contributed by atoms with van der Waals surface area (Å²) in [4.78, 5) is 9.24. The van der Waals surface area contributed by atoms with E-state index in [1.165, 1.54) is 25.0 Å². The fourth-order valence-electron chi connectivity index (χ4n) is 4.73. The predicted molar refractivity (Wildman–Crippen MR) is 137 cm³/mol. The fraction of sp³-hybridized carbons (Fsp3) is 0.179. The average Bonchev–Trinajstić information content (AvgIpc) is 3.54. The molecule has 35 heavy (non-hydrogen) atoms. The third-order valence-corrected chi connectivity index (χ3v) is 6.42. The lowest BCUT2D eigenvalue weighted by molar-refractivity contribution is 0.628. The molecule has 0 saturated heterocycles. The summed E-state index contributed by atoms with van der Waals surface area (Å²) in [6, 6.07) is 24.7. The van der Waals surface area contributed by atoms with E-state index in [1.54, 1.807) is 18.3 Å². The zero-order valence-electron chi connectivity index (χ0n) is 19.2. The number of benzene rings is 2. The van der Waals surface area contributed by atoms with Crippen LogP contribution in [0.4, 0.5) is 21.8 Å². The Morgan fingerprint density at radius 2 is 1.66 bits per heavy atom. The molecule has 6 rings (SSSR count). The van der Waals surface area contributed by atoms with Gasteiger partial charge in [-0.05, 0) is 67.4 Å². The second-order valence-corrected chi connectivity index (χ2v) is 8.82. The molecule has 174 valence electrons. The topological polar surface area (TPSA) is 67.1 Å². The monoisotopic (exact) mass is 464 g/mol. The summed E-state index contributed by atoms with van der Waals surface area (Å²) in [6.07, 6.45) is 6.56. The van der Waals surface area contributed by atoms with E-state index in [1.807, 2.05) is 53.0 Å². The Morgan fingerprint density at radius 1 is 0.857 bits per heavy atom. The second kappa shape index (κ2) is 9.18. The van der Waals surface area contributed by atoms with Gasteiger partial charge in [0.1, 0.15) is 17.3 Å². The van der Waals surface area contributed by atoms with Gasteiger partial charge in [0.25, 0.3) is 0 Å². The zero-order valence-corrected chi connectivity index (χ0v) is 19.2. The smallest absolute Gasteiger partial charge is 0.227 e. The first-order valence-electron chi connectivity index (χ1n) is 11.9. The van der Waals surface area contributed by atoms with Crippen LogP contribution in [0.5, 0.6) is 0 Å². The highest BCUT2D eigenvalue weighted by Gasteiger charge is 2.21. The molecule has 3 heterocycles. The maximum Gasteiger partial charge on any atom is 0.227 e. The third kappa shape index (κ3) is 4.33. The van der Waals surface area contributed by atoms with Gasteiger partial charge in [0.05, 0.1) is 16.8 Å². The van der Waals surface area contributed by atoms with Gasteiger partial charge < -0.3 is 10.6 Å². The molecule has 0 aliphatic heterocycles. The van der Waals surface area contributed by atoms with Crippen LogP contribution in [0.25, 0.3) is 28.0 Å². The van der Waals surface area contributed by atoms with Crippen LogP contribution in [-0.2, 0) is 0 Å². The maximum absolute atomic E-state index is 13.7. The summed E-state index contributed by atoms with van der Waals surface area (Å²) < 4.78 is 15.7.